The van der Waals surface area contributed by atoms with E-state index < -0.39 is 0 Å². The Morgan fingerprint density at radius 3 is 2.81 bits per heavy atom. The third kappa shape index (κ3) is 5.31. The number of nitrogens with one attached hydrogen (secondary N) is 1. The van der Waals surface area contributed by atoms with E-state index in [1.165, 1.54) is 32.1 Å². The van der Waals surface area contributed by atoms with Crippen LogP contribution in [0.2, 0.25) is 0 Å². The molecule has 0 aliphatic carbocycles. The van der Waals surface area contributed by atoms with Crippen LogP contribution in [0.15, 0.2) is 10.6 Å². The van der Waals surface area contributed by atoms with Crippen molar-refractivity contribution in [2.45, 2.75) is 65.5 Å². The standard InChI is InChI=1S/C13H24N2O/c1-4-5-6-7-8-11(2)14-10-13-9-12(3)16-15-13/h9,11,14H,4-8,10H2,1-3H3. The number of unbranched alkanes of at least 4 members (excludes halogenated alkanes) is 3. The maximum Gasteiger partial charge on any atom is 0.133 e. The van der Waals surface area contributed by atoms with E-state index >= 15 is 0 Å². The molecule has 0 aliphatic heterocycles. The molecule has 0 fully saturated rings. The quantitative estimate of drug-likeness (QED) is 0.687. The molecule has 1 rings (SSSR count). The Morgan fingerprint density at radius 1 is 1.38 bits per heavy atom. The summed E-state index contributed by atoms with van der Waals surface area (Å²) >= 11 is 0. The van der Waals surface area contributed by atoms with Crippen molar-refractivity contribution >= 4 is 0 Å². The van der Waals surface area contributed by atoms with Crippen molar-refractivity contribution < 1.29 is 4.52 Å². The first-order valence-electron chi connectivity index (χ1n) is 6.38. The molecule has 1 N–H and O–H groups in total. The van der Waals surface area contributed by atoms with Gasteiger partial charge in [0.1, 0.15) is 5.76 Å². The fourth-order valence-electron chi connectivity index (χ4n) is 1.76. The van der Waals surface area contributed by atoms with Crippen molar-refractivity contribution in [2.24, 2.45) is 0 Å². The predicted octanol–water partition coefficient (Wildman–Crippen LogP) is 3.43. The number of hydrogen-bond acceptors (Lipinski definition) is 3. The summed E-state index contributed by atoms with van der Waals surface area (Å²) in [5.41, 5.74) is 0.998. The Morgan fingerprint density at radius 2 is 2.19 bits per heavy atom. The maximum absolute atomic E-state index is 5.02. The number of aromatic nitrogens is 1. The topological polar surface area (TPSA) is 38.1 Å². The van der Waals surface area contributed by atoms with E-state index in [-0.39, 0.29) is 0 Å². The average Bonchev–Trinajstić information content (AvgIpc) is 2.68. The Kier molecular flexibility index (Phi) is 6.16. The fourth-order valence-corrected chi connectivity index (χ4v) is 1.76. The highest BCUT2D eigenvalue weighted by Crippen LogP contribution is 2.06. The lowest BCUT2D eigenvalue weighted by molar-refractivity contribution is 0.384. The highest BCUT2D eigenvalue weighted by Gasteiger charge is 2.04. The molecule has 0 saturated heterocycles. The van der Waals surface area contributed by atoms with Crippen molar-refractivity contribution in [3.8, 4) is 0 Å². The molecule has 3 nitrogen and oxygen atoms in total. The lowest BCUT2D eigenvalue weighted by Gasteiger charge is -2.12. The number of hydrogen-bond donors (Lipinski definition) is 1. The molecular formula is C13H24N2O. The summed E-state index contributed by atoms with van der Waals surface area (Å²) in [4.78, 5) is 0. The number of nitrogens with zero attached hydrogens (tertiary/aromatic N) is 1. The summed E-state index contributed by atoms with van der Waals surface area (Å²) in [6.07, 6.45) is 6.58. The average molecular weight is 224 g/mol. The van der Waals surface area contributed by atoms with E-state index in [1.807, 2.05) is 13.0 Å². The Hall–Kier alpha value is -0.830. The molecule has 0 aromatic carbocycles. The van der Waals surface area contributed by atoms with Gasteiger partial charge in [-0.3, -0.25) is 0 Å². The van der Waals surface area contributed by atoms with Gasteiger partial charge < -0.3 is 9.84 Å². The van der Waals surface area contributed by atoms with E-state index in [2.05, 4.69) is 24.3 Å². The normalized spacial score (nSPS) is 12.9. The summed E-state index contributed by atoms with van der Waals surface area (Å²) in [5.74, 6) is 0.882. The van der Waals surface area contributed by atoms with Crippen molar-refractivity contribution in [3.63, 3.8) is 0 Å². The third-order valence-electron chi connectivity index (χ3n) is 2.80. The first-order chi connectivity index (χ1) is 7.72. The van der Waals surface area contributed by atoms with Gasteiger partial charge in [-0.05, 0) is 20.3 Å². The lowest BCUT2D eigenvalue weighted by Crippen LogP contribution is -2.25. The van der Waals surface area contributed by atoms with Gasteiger partial charge in [-0.1, -0.05) is 37.8 Å². The van der Waals surface area contributed by atoms with Crippen LogP contribution in [0.3, 0.4) is 0 Å². The smallest absolute Gasteiger partial charge is 0.133 e. The Bertz CT molecular complexity index is 283. The molecule has 0 spiro atoms. The molecule has 16 heavy (non-hydrogen) atoms. The molecule has 0 bridgehead atoms. The van der Waals surface area contributed by atoms with Gasteiger partial charge in [-0.25, -0.2) is 0 Å². The maximum atomic E-state index is 5.02. The highest BCUT2D eigenvalue weighted by atomic mass is 16.5. The molecule has 0 amide bonds. The zero-order valence-corrected chi connectivity index (χ0v) is 10.8. The molecule has 0 radical (unpaired) electrons. The van der Waals surface area contributed by atoms with E-state index in [1.54, 1.807) is 0 Å². The van der Waals surface area contributed by atoms with Crippen LogP contribution in [-0.4, -0.2) is 11.2 Å². The zero-order valence-electron chi connectivity index (χ0n) is 10.8. The van der Waals surface area contributed by atoms with Crippen molar-refractivity contribution in [3.05, 3.63) is 17.5 Å². The van der Waals surface area contributed by atoms with Crippen LogP contribution < -0.4 is 5.32 Å². The van der Waals surface area contributed by atoms with Gasteiger partial charge in [0.05, 0.1) is 5.69 Å². The van der Waals surface area contributed by atoms with Crippen LogP contribution in [0.5, 0.6) is 0 Å². The minimum absolute atomic E-state index is 0.564. The fraction of sp³-hybridized carbons (Fsp3) is 0.769. The van der Waals surface area contributed by atoms with Crippen molar-refractivity contribution in [1.29, 1.82) is 0 Å². The molecule has 1 unspecified atom stereocenters. The monoisotopic (exact) mass is 224 g/mol. The largest absolute Gasteiger partial charge is 0.361 e. The summed E-state index contributed by atoms with van der Waals surface area (Å²) in [6.45, 7) is 7.21. The first-order valence-corrected chi connectivity index (χ1v) is 6.38. The van der Waals surface area contributed by atoms with Gasteiger partial charge in [0.15, 0.2) is 0 Å². The summed E-state index contributed by atoms with van der Waals surface area (Å²) in [6, 6.07) is 2.55. The zero-order chi connectivity index (χ0) is 11.8. The second-order valence-corrected chi connectivity index (χ2v) is 4.56. The lowest BCUT2D eigenvalue weighted by atomic mass is 10.1. The molecule has 0 saturated carbocycles. The SMILES string of the molecule is CCCCCCC(C)NCc1cc(C)on1. The van der Waals surface area contributed by atoms with Gasteiger partial charge in [0, 0.05) is 18.7 Å². The third-order valence-corrected chi connectivity index (χ3v) is 2.80. The molecule has 1 heterocycles. The van der Waals surface area contributed by atoms with Gasteiger partial charge in [0.25, 0.3) is 0 Å². The number of rotatable bonds is 8. The molecular weight excluding hydrogens is 200 g/mol. The molecule has 92 valence electrons. The van der Waals surface area contributed by atoms with Crippen molar-refractivity contribution in [1.82, 2.24) is 10.5 Å². The second kappa shape index (κ2) is 7.44. The van der Waals surface area contributed by atoms with Crippen LogP contribution in [0.1, 0.15) is 57.4 Å². The van der Waals surface area contributed by atoms with E-state index in [4.69, 9.17) is 4.52 Å². The van der Waals surface area contributed by atoms with E-state index in [0.717, 1.165) is 18.0 Å². The van der Waals surface area contributed by atoms with Crippen molar-refractivity contribution in [2.75, 3.05) is 0 Å². The highest BCUT2D eigenvalue weighted by molar-refractivity contribution is 5.02. The van der Waals surface area contributed by atoms with Gasteiger partial charge in [-0.2, -0.15) is 0 Å². The van der Waals surface area contributed by atoms with E-state index in [0.29, 0.717) is 6.04 Å². The van der Waals surface area contributed by atoms with Crippen LogP contribution in [0, 0.1) is 6.92 Å². The molecule has 1 aromatic rings. The molecule has 1 aromatic heterocycles. The van der Waals surface area contributed by atoms with Crippen LogP contribution in [0.25, 0.3) is 0 Å². The van der Waals surface area contributed by atoms with E-state index in [9.17, 15) is 0 Å². The van der Waals surface area contributed by atoms with Gasteiger partial charge >= 0.3 is 0 Å². The molecule has 3 heteroatoms. The predicted molar refractivity (Wildman–Crippen MR) is 66.3 cm³/mol. The minimum Gasteiger partial charge on any atom is -0.361 e. The van der Waals surface area contributed by atoms with Crippen LogP contribution in [0.4, 0.5) is 0 Å². The summed E-state index contributed by atoms with van der Waals surface area (Å²) in [5, 5.41) is 7.43. The number of aryl methyl sites for hydroxylation is 1. The Balaban J connectivity index is 2.08. The van der Waals surface area contributed by atoms with Gasteiger partial charge in [0.2, 0.25) is 0 Å². The molecule has 1 atom stereocenters. The Labute approximate surface area is 98.6 Å². The van der Waals surface area contributed by atoms with Crippen LogP contribution >= 0.6 is 0 Å². The summed E-state index contributed by atoms with van der Waals surface area (Å²) < 4.78 is 5.02. The second-order valence-electron chi connectivity index (χ2n) is 4.56. The van der Waals surface area contributed by atoms with Crippen LogP contribution in [-0.2, 0) is 6.54 Å². The molecule has 0 aliphatic rings. The minimum atomic E-state index is 0.564. The summed E-state index contributed by atoms with van der Waals surface area (Å²) in [7, 11) is 0. The van der Waals surface area contributed by atoms with Gasteiger partial charge in [-0.15, -0.1) is 0 Å². The first kappa shape index (κ1) is 13.2.